The van der Waals surface area contributed by atoms with Gasteiger partial charge in [0.25, 0.3) is 0 Å². The van der Waals surface area contributed by atoms with E-state index in [1.54, 1.807) is 12.1 Å². The Morgan fingerprint density at radius 1 is 1.35 bits per heavy atom. The number of carbonyl (C=O) groups is 1. The van der Waals surface area contributed by atoms with Crippen molar-refractivity contribution in [1.29, 1.82) is 0 Å². The van der Waals surface area contributed by atoms with Gasteiger partial charge in [-0.15, -0.1) is 0 Å². The SMILES string of the molecule is C=C1O[C@H](C(C)C)[C@H]1OC(=O)c1ccccc1. The van der Waals surface area contributed by atoms with Gasteiger partial charge < -0.3 is 9.47 Å². The van der Waals surface area contributed by atoms with E-state index in [1.807, 2.05) is 32.0 Å². The summed E-state index contributed by atoms with van der Waals surface area (Å²) in [4.78, 5) is 11.8. The van der Waals surface area contributed by atoms with Gasteiger partial charge >= 0.3 is 5.97 Å². The first-order chi connectivity index (χ1) is 8.09. The third kappa shape index (κ3) is 2.33. The van der Waals surface area contributed by atoms with Crippen molar-refractivity contribution in [2.24, 2.45) is 5.92 Å². The van der Waals surface area contributed by atoms with Crippen LogP contribution in [-0.2, 0) is 9.47 Å². The molecule has 0 aliphatic carbocycles. The van der Waals surface area contributed by atoms with E-state index in [0.29, 0.717) is 17.2 Å². The number of hydrogen-bond donors (Lipinski definition) is 0. The average Bonchev–Trinajstić information content (AvgIpc) is 2.33. The van der Waals surface area contributed by atoms with E-state index in [1.165, 1.54) is 0 Å². The topological polar surface area (TPSA) is 35.5 Å². The monoisotopic (exact) mass is 232 g/mol. The van der Waals surface area contributed by atoms with E-state index >= 15 is 0 Å². The second-order valence-corrected chi connectivity index (χ2v) is 4.48. The summed E-state index contributed by atoms with van der Waals surface area (Å²) in [5.74, 6) is 0.507. The van der Waals surface area contributed by atoms with Crippen molar-refractivity contribution >= 4 is 5.97 Å². The normalized spacial score (nSPS) is 22.9. The van der Waals surface area contributed by atoms with E-state index < -0.39 is 0 Å². The average molecular weight is 232 g/mol. The van der Waals surface area contributed by atoms with Gasteiger partial charge in [-0.3, -0.25) is 0 Å². The van der Waals surface area contributed by atoms with Crippen LogP contribution in [0.5, 0.6) is 0 Å². The van der Waals surface area contributed by atoms with Crippen molar-refractivity contribution in [3.8, 4) is 0 Å². The summed E-state index contributed by atoms with van der Waals surface area (Å²) in [6.07, 6.45) is -0.391. The molecule has 3 nitrogen and oxygen atoms in total. The van der Waals surface area contributed by atoms with Crippen molar-refractivity contribution < 1.29 is 14.3 Å². The quantitative estimate of drug-likeness (QED) is 0.752. The molecule has 0 bridgehead atoms. The van der Waals surface area contributed by atoms with Crippen molar-refractivity contribution in [2.75, 3.05) is 0 Å². The Labute approximate surface area is 101 Å². The Balaban J connectivity index is 2.02. The summed E-state index contributed by atoms with van der Waals surface area (Å²) in [5, 5.41) is 0. The summed E-state index contributed by atoms with van der Waals surface area (Å²) in [6.45, 7) is 7.78. The van der Waals surface area contributed by atoms with E-state index in [0.717, 1.165) is 0 Å². The molecule has 17 heavy (non-hydrogen) atoms. The Morgan fingerprint density at radius 2 is 2.00 bits per heavy atom. The molecule has 0 spiro atoms. The molecule has 2 atom stereocenters. The molecule has 3 heteroatoms. The molecule has 1 fully saturated rings. The second kappa shape index (κ2) is 4.62. The maximum atomic E-state index is 11.8. The molecule has 0 unspecified atom stereocenters. The molecule has 1 aromatic rings. The lowest BCUT2D eigenvalue weighted by Crippen LogP contribution is -2.48. The standard InChI is InChI=1S/C14H16O3/c1-9(2)12-13(10(3)16-12)17-14(15)11-7-5-4-6-8-11/h4-9,12-13H,3H2,1-2H3/t12-,13+/m1/s1. The molecule has 1 aliphatic heterocycles. The highest BCUT2D eigenvalue weighted by Crippen LogP contribution is 2.32. The van der Waals surface area contributed by atoms with Crippen LogP contribution in [0.15, 0.2) is 42.7 Å². The Morgan fingerprint density at radius 3 is 2.53 bits per heavy atom. The summed E-state index contributed by atoms with van der Waals surface area (Å²) in [6, 6.07) is 8.94. The molecule has 1 aliphatic rings. The fourth-order valence-electron chi connectivity index (χ4n) is 1.79. The van der Waals surface area contributed by atoms with E-state index in [4.69, 9.17) is 9.47 Å². The van der Waals surface area contributed by atoms with Crippen LogP contribution in [0.25, 0.3) is 0 Å². The fraction of sp³-hybridized carbons (Fsp3) is 0.357. The van der Waals surface area contributed by atoms with E-state index in [2.05, 4.69) is 6.58 Å². The second-order valence-electron chi connectivity index (χ2n) is 4.48. The van der Waals surface area contributed by atoms with Crippen LogP contribution in [0, 0.1) is 5.92 Å². The van der Waals surface area contributed by atoms with Crippen LogP contribution < -0.4 is 0 Å². The largest absolute Gasteiger partial charge is 0.487 e. The number of esters is 1. The van der Waals surface area contributed by atoms with E-state index in [9.17, 15) is 4.79 Å². The van der Waals surface area contributed by atoms with Gasteiger partial charge in [0.15, 0.2) is 6.10 Å². The van der Waals surface area contributed by atoms with Crippen molar-refractivity contribution in [1.82, 2.24) is 0 Å². The van der Waals surface area contributed by atoms with Crippen molar-refractivity contribution in [2.45, 2.75) is 26.1 Å². The highest BCUT2D eigenvalue weighted by atomic mass is 16.6. The van der Waals surface area contributed by atoms with E-state index in [-0.39, 0.29) is 18.2 Å². The minimum Gasteiger partial charge on any atom is -0.487 e. The summed E-state index contributed by atoms with van der Waals surface area (Å²) < 4.78 is 10.8. The number of hydrogen-bond acceptors (Lipinski definition) is 3. The minimum absolute atomic E-state index is 0.0739. The maximum absolute atomic E-state index is 11.8. The van der Waals surface area contributed by atoms with Gasteiger partial charge in [-0.1, -0.05) is 38.6 Å². The lowest BCUT2D eigenvalue weighted by molar-refractivity contribution is -0.127. The van der Waals surface area contributed by atoms with Crippen molar-refractivity contribution in [3.63, 3.8) is 0 Å². The molecule has 90 valence electrons. The van der Waals surface area contributed by atoms with Crippen LogP contribution >= 0.6 is 0 Å². The predicted octanol–water partition coefficient (Wildman–Crippen LogP) is 2.78. The molecule has 0 radical (unpaired) electrons. The molecular weight excluding hydrogens is 216 g/mol. The van der Waals surface area contributed by atoms with Crippen LogP contribution in [0.2, 0.25) is 0 Å². The van der Waals surface area contributed by atoms with Crippen LogP contribution in [0.3, 0.4) is 0 Å². The van der Waals surface area contributed by atoms with Crippen LogP contribution in [0.1, 0.15) is 24.2 Å². The summed E-state index contributed by atoms with van der Waals surface area (Å²) in [7, 11) is 0. The van der Waals surface area contributed by atoms with Gasteiger partial charge in [0.2, 0.25) is 0 Å². The van der Waals surface area contributed by atoms with Gasteiger partial charge in [0.05, 0.1) is 5.56 Å². The number of ether oxygens (including phenoxy) is 2. The summed E-state index contributed by atoms with van der Waals surface area (Å²) >= 11 is 0. The highest BCUT2D eigenvalue weighted by molar-refractivity contribution is 5.89. The molecule has 0 N–H and O–H groups in total. The first-order valence-corrected chi connectivity index (χ1v) is 5.71. The highest BCUT2D eigenvalue weighted by Gasteiger charge is 2.42. The maximum Gasteiger partial charge on any atom is 0.338 e. The zero-order valence-electron chi connectivity index (χ0n) is 10.1. The zero-order chi connectivity index (χ0) is 12.4. The van der Waals surface area contributed by atoms with Crippen LogP contribution in [0.4, 0.5) is 0 Å². The molecule has 0 saturated carbocycles. The number of rotatable bonds is 3. The zero-order valence-corrected chi connectivity index (χ0v) is 10.1. The predicted molar refractivity (Wildman–Crippen MR) is 64.5 cm³/mol. The third-order valence-electron chi connectivity index (χ3n) is 2.80. The Hall–Kier alpha value is -1.77. The van der Waals surface area contributed by atoms with Gasteiger partial charge in [0, 0.05) is 0 Å². The lowest BCUT2D eigenvalue weighted by Gasteiger charge is -2.40. The van der Waals surface area contributed by atoms with Crippen molar-refractivity contribution in [3.05, 3.63) is 48.2 Å². The molecular formula is C14H16O3. The molecule has 0 aromatic heterocycles. The number of benzene rings is 1. The molecule has 2 rings (SSSR count). The smallest absolute Gasteiger partial charge is 0.338 e. The summed E-state index contributed by atoms with van der Waals surface area (Å²) in [5.41, 5.74) is 0.551. The molecule has 0 amide bonds. The van der Waals surface area contributed by atoms with Gasteiger partial charge in [0.1, 0.15) is 11.9 Å². The van der Waals surface area contributed by atoms with Crippen LogP contribution in [-0.4, -0.2) is 18.2 Å². The Bertz CT molecular complexity index is 422. The van der Waals surface area contributed by atoms with Gasteiger partial charge in [-0.25, -0.2) is 4.79 Å². The first kappa shape index (κ1) is 11.7. The molecule has 1 saturated heterocycles. The molecule has 1 heterocycles. The van der Waals surface area contributed by atoms with Gasteiger partial charge in [-0.2, -0.15) is 0 Å². The minimum atomic E-state index is -0.328. The Kier molecular flexibility index (Phi) is 3.18. The van der Waals surface area contributed by atoms with Gasteiger partial charge in [-0.05, 0) is 18.1 Å². The number of carbonyl (C=O) groups excluding carboxylic acids is 1. The third-order valence-corrected chi connectivity index (χ3v) is 2.80. The molecule has 1 aromatic carbocycles. The fourth-order valence-corrected chi connectivity index (χ4v) is 1.79. The lowest BCUT2D eigenvalue weighted by atomic mass is 9.95. The first-order valence-electron chi connectivity index (χ1n) is 5.71.